The Kier molecular flexibility index (Phi) is 6.48. The first-order valence-electron chi connectivity index (χ1n) is 7.88. The molecule has 0 radical (unpaired) electrons. The third-order valence-corrected chi connectivity index (χ3v) is 4.19. The van der Waals surface area contributed by atoms with E-state index in [1.165, 1.54) is 56.3 Å². The van der Waals surface area contributed by atoms with Gasteiger partial charge in [-0.05, 0) is 50.0 Å². The summed E-state index contributed by atoms with van der Waals surface area (Å²) in [5.41, 5.74) is 1.17. The molecule has 1 aromatic carbocycles. The number of nitrogens with one attached hydrogen (secondary N) is 1. The van der Waals surface area contributed by atoms with E-state index in [0.29, 0.717) is 0 Å². The van der Waals surface area contributed by atoms with Crippen LogP contribution in [-0.2, 0) is 6.54 Å². The highest BCUT2D eigenvalue weighted by molar-refractivity contribution is 5.15. The van der Waals surface area contributed by atoms with Crippen molar-refractivity contribution in [3.63, 3.8) is 0 Å². The van der Waals surface area contributed by atoms with Crippen LogP contribution in [0.4, 0.5) is 4.39 Å². The Morgan fingerprint density at radius 2 is 1.85 bits per heavy atom. The molecule has 0 amide bonds. The van der Waals surface area contributed by atoms with Crippen molar-refractivity contribution < 1.29 is 4.39 Å². The molecule has 3 heteroatoms. The van der Waals surface area contributed by atoms with Crippen LogP contribution in [0.1, 0.15) is 37.7 Å². The first-order chi connectivity index (χ1) is 9.74. The minimum absolute atomic E-state index is 0.162. The summed E-state index contributed by atoms with van der Waals surface area (Å²) in [7, 11) is 2.12. The van der Waals surface area contributed by atoms with Gasteiger partial charge in [-0.2, -0.15) is 0 Å². The average Bonchev–Trinajstić information content (AvgIpc) is 2.47. The zero-order valence-electron chi connectivity index (χ0n) is 12.6. The molecule has 0 atom stereocenters. The van der Waals surface area contributed by atoms with Crippen molar-refractivity contribution in [2.75, 3.05) is 26.7 Å². The minimum atomic E-state index is -0.162. The Hall–Kier alpha value is -0.930. The van der Waals surface area contributed by atoms with Gasteiger partial charge in [-0.15, -0.1) is 0 Å². The molecule has 0 bridgehead atoms. The van der Waals surface area contributed by atoms with Gasteiger partial charge in [-0.3, -0.25) is 0 Å². The molecule has 0 heterocycles. The summed E-state index contributed by atoms with van der Waals surface area (Å²) in [6.45, 7) is 4.12. The molecular formula is C17H27FN2. The van der Waals surface area contributed by atoms with Crippen LogP contribution in [0.25, 0.3) is 0 Å². The molecule has 1 aliphatic rings. The van der Waals surface area contributed by atoms with E-state index >= 15 is 0 Å². The van der Waals surface area contributed by atoms with Crippen LogP contribution in [0.2, 0.25) is 0 Å². The second-order valence-corrected chi connectivity index (χ2v) is 6.07. The van der Waals surface area contributed by atoms with E-state index in [-0.39, 0.29) is 5.82 Å². The topological polar surface area (TPSA) is 15.3 Å². The van der Waals surface area contributed by atoms with Crippen molar-refractivity contribution in [2.45, 2.75) is 38.6 Å². The molecule has 0 unspecified atom stereocenters. The molecule has 1 N–H and O–H groups in total. The summed E-state index contributed by atoms with van der Waals surface area (Å²) in [4.78, 5) is 2.28. The van der Waals surface area contributed by atoms with Crippen molar-refractivity contribution in [2.24, 2.45) is 5.92 Å². The molecule has 1 aromatic rings. The van der Waals surface area contributed by atoms with Crippen molar-refractivity contribution in [3.05, 3.63) is 35.6 Å². The van der Waals surface area contributed by atoms with Gasteiger partial charge < -0.3 is 10.2 Å². The van der Waals surface area contributed by atoms with Crippen molar-refractivity contribution >= 4 is 0 Å². The maximum Gasteiger partial charge on any atom is 0.123 e. The number of nitrogens with zero attached hydrogens (tertiary/aromatic N) is 1. The minimum Gasteiger partial charge on any atom is -0.315 e. The summed E-state index contributed by atoms with van der Waals surface area (Å²) >= 11 is 0. The van der Waals surface area contributed by atoms with Crippen molar-refractivity contribution in [3.8, 4) is 0 Å². The fourth-order valence-electron chi connectivity index (χ4n) is 2.95. The lowest BCUT2D eigenvalue weighted by molar-refractivity contribution is 0.304. The van der Waals surface area contributed by atoms with E-state index < -0.39 is 0 Å². The highest BCUT2D eigenvalue weighted by Crippen LogP contribution is 2.22. The quantitative estimate of drug-likeness (QED) is 0.769. The Bertz CT molecular complexity index is 371. The summed E-state index contributed by atoms with van der Waals surface area (Å²) in [6.07, 6.45) is 7.06. The van der Waals surface area contributed by atoms with Crippen LogP contribution < -0.4 is 5.32 Å². The Morgan fingerprint density at radius 1 is 1.15 bits per heavy atom. The molecule has 20 heavy (non-hydrogen) atoms. The second kappa shape index (κ2) is 8.38. The second-order valence-electron chi connectivity index (χ2n) is 6.07. The molecule has 1 fully saturated rings. The van der Waals surface area contributed by atoms with Gasteiger partial charge in [0.15, 0.2) is 0 Å². The molecule has 1 aliphatic carbocycles. The number of benzene rings is 1. The van der Waals surface area contributed by atoms with Gasteiger partial charge in [0.1, 0.15) is 5.82 Å². The van der Waals surface area contributed by atoms with Crippen LogP contribution in [0.5, 0.6) is 0 Å². The van der Waals surface area contributed by atoms with Gasteiger partial charge in [0.2, 0.25) is 0 Å². The molecule has 0 aliphatic heterocycles. The molecule has 2 rings (SSSR count). The summed E-state index contributed by atoms with van der Waals surface area (Å²) in [5, 5.41) is 3.58. The molecule has 0 saturated heterocycles. The fourth-order valence-corrected chi connectivity index (χ4v) is 2.95. The van der Waals surface area contributed by atoms with Gasteiger partial charge in [0.25, 0.3) is 0 Å². The number of rotatable bonds is 7. The van der Waals surface area contributed by atoms with E-state index in [1.54, 1.807) is 0 Å². The molecule has 0 spiro atoms. The van der Waals surface area contributed by atoms with Crippen LogP contribution in [0, 0.1) is 11.7 Å². The van der Waals surface area contributed by atoms with E-state index in [9.17, 15) is 4.39 Å². The van der Waals surface area contributed by atoms with Gasteiger partial charge in [0.05, 0.1) is 0 Å². The zero-order valence-corrected chi connectivity index (χ0v) is 12.6. The van der Waals surface area contributed by atoms with Crippen LogP contribution in [0.3, 0.4) is 0 Å². The predicted molar refractivity (Wildman–Crippen MR) is 82.2 cm³/mol. The normalized spacial score (nSPS) is 16.8. The molecule has 2 nitrogen and oxygen atoms in total. The van der Waals surface area contributed by atoms with Gasteiger partial charge >= 0.3 is 0 Å². The highest BCUT2D eigenvalue weighted by atomic mass is 19.1. The lowest BCUT2D eigenvalue weighted by Gasteiger charge is -2.23. The molecule has 1 saturated carbocycles. The predicted octanol–water partition coefficient (Wildman–Crippen LogP) is 3.43. The SMILES string of the molecule is CN(CCNCC1CCCCC1)Cc1ccc(F)cc1. The standard InChI is InChI=1S/C17H27FN2/c1-20(14-16-7-9-17(18)10-8-16)12-11-19-13-15-5-3-2-4-6-15/h7-10,15,19H,2-6,11-14H2,1H3. The average molecular weight is 278 g/mol. The van der Waals surface area contributed by atoms with Crippen LogP contribution >= 0.6 is 0 Å². The van der Waals surface area contributed by atoms with Gasteiger partial charge in [-0.25, -0.2) is 4.39 Å². The maximum absolute atomic E-state index is 12.8. The van der Waals surface area contributed by atoms with E-state index in [1.807, 2.05) is 12.1 Å². The lowest BCUT2D eigenvalue weighted by atomic mass is 9.89. The molecule has 0 aromatic heterocycles. The number of likely N-dealkylation sites (N-methyl/N-ethyl adjacent to an activating group) is 1. The highest BCUT2D eigenvalue weighted by Gasteiger charge is 2.12. The zero-order chi connectivity index (χ0) is 14.2. The first kappa shape index (κ1) is 15.5. The first-order valence-corrected chi connectivity index (χ1v) is 7.88. The van der Waals surface area contributed by atoms with Gasteiger partial charge in [-0.1, -0.05) is 31.4 Å². The number of hydrogen-bond donors (Lipinski definition) is 1. The monoisotopic (exact) mass is 278 g/mol. The molecular weight excluding hydrogens is 251 g/mol. The maximum atomic E-state index is 12.8. The Labute approximate surface area is 122 Å². The molecule has 112 valence electrons. The number of hydrogen-bond acceptors (Lipinski definition) is 2. The van der Waals surface area contributed by atoms with Crippen LogP contribution in [0.15, 0.2) is 24.3 Å². The third kappa shape index (κ3) is 5.59. The van der Waals surface area contributed by atoms with Crippen molar-refractivity contribution in [1.29, 1.82) is 0 Å². The van der Waals surface area contributed by atoms with Gasteiger partial charge in [0, 0.05) is 19.6 Å². The smallest absolute Gasteiger partial charge is 0.123 e. The largest absolute Gasteiger partial charge is 0.315 e. The Morgan fingerprint density at radius 3 is 2.55 bits per heavy atom. The summed E-state index contributed by atoms with van der Waals surface area (Å²) < 4.78 is 12.8. The fraction of sp³-hybridized carbons (Fsp3) is 0.647. The summed E-state index contributed by atoms with van der Waals surface area (Å²) in [6, 6.07) is 6.79. The van der Waals surface area contributed by atoms with E-state index in [2.05, 4.69) is 17.3 Å². The summed E-state index contributed by atoms with van der Waals surface area (Å²) in [5.74, 6) is 0.733. The van der Waals surface area contributed by atoms with Crippen molar-refractivity contribution in [1.82, 2.24) is 10.2 Å². The van der Waals surface area contributed by atoms with Crippen LogP contribution in [-0.4, -0.2) is 31.6 Å². The number of halogens is 1. The Balaban J connectivity index is 1.57. The van der Waals surface area contributed by atoms with E-state index in [4.69, 9.17) is 0 Å². The lowest BCUT2D eigenvalue weighted by Crippen LogP contribution is -2.32. The van der Waals surface area contributed by atoms with E-state index in [0.717, 1.165) is 25.6 Å². The third-order valence-electron chi connectivity index (χ3n) is 4.19.